The molecule has 4 N–H and O–H groups in total. The third-order valence-corrected chi connectivity index (χ3v) is 2.86. The molecule has 0 aliphatic heterocycles. The van der Waals surface area contributed by atoms with Gasteiger partial charge >= 0.3 is 6.18 Å². The van der Waals surface area contributed by atoms with Crippen molar-refractivity contribution in [2.75, 3.05) is 18.4 Å². The molecule has 5 nitrogen and oxygen atoms in total. The smallest absolute Gasteiger partial charge is 0.368 e. The van der Waals surface area contributed by atoms with Crippen molar-refractivity contribution >= 4 is 48.1 Å². The zero-order valence-corrected chi connectivity index (χ0v) is 14.5. The fraction of sp³-hybridized carbons (Fsp3) is 0.500. The maximum absolute atomic E-state index is 12.4. The highest BCUT2D eigenvalue weighted by Gasteiger charge is 2.31. The second kappa shape index (κ2) is 10.7. The van der Waals surface area contributed by atoms with Crippen LogP contribution in [-0.2, 0) is 11.0 Å². The number of nitrogens with zero attached hydrogens (tertiary/aromatic N) is 1. The minimum Gasteiger partial charge on any atom is -0.368 e. The van der Waals surface area contributed by atoms with E-state index in [-0.39, 0.29) is 60.6 Å². The third-order valence-electron chi connectivity index (χ3n) is 2.57. The first kappa shape index (κ1) is 24.3. The molecule has 1 heterocycles. The molecule has 0 aliphatic carbocycles. The lowest BCUT2D eigenvalue weighted by Crippen LogP contribution is -2.38. The molecule has 11 heteroatoms. The minimum atomic E-state index is -4.49. The van der Waals surface area contributed by atoms with Crippen molar-refractivity contribution in [1.82, 2.24) is 10.3 Å². The lowest BCUT2D eigenvalue weighted by molar-refractivity contribution is -0.137. The number of amides is 1. The van der Waals surface area contributed by atoms with E-state index in [2.05, 4.69) is 15.6 Å². The Balaban J connectivity index is 0. The number of pyridine rings is 1. The van der Waals surface area contributed by atoms with Gasteiger partial charge in [-0.15, -0.1) is 24.8 Å². The molecule has 0 fully saturated rings. The molecule has 0 bridgehead atoms. The number of nitrogens with one attached hydrogen (secondary N) is 2. The van der Waals surface area contributed by atoms with Gasteiger partial charge in [-0.1, -0.05) is 11.6 Å². The summed E-state index contributed by atoms with van der Waals surface area (Å²) in [6.07, 6.45) is -3.68. The Morgan fingerprint density at radius 3 is 2.52 bits per heavy atom. The molecule has 0 unspecified atom stereocenters. The van der Waals surface area contributed by atoms with E-state index in [9.17, 15) is 18.0 Å². The van der Waals surface area contributed by atoms with Gasteiger partial charge in [-0.05, 0) is 13.0 Å². The Morgan fingerprint density at radius 1 is 1.43 bits per heavy atom. The van der Waals surface area contributed by atoms with Crippen LogP contribution < -0.4 is 16.4 Å². The van der Waals surface area contributed by atoms with E-state index in [4.69, 9.17) is 17.3 Å². The molecular weight excluding hydrogens is 380 g/mol. The van der Waals surface area contributed by atoms with Crippen molar-refractivity contribution in [3.63, 3.8) is 0 Å². The molecule has 134 valence electrons. The molecule has 0 aromatic carbocycles. The van der Waals surface area contributed by atoms with Gasteiger partial charge in [-0.3, -0.25) is 4.79 Å². The maximum Gasteiger partial charge on any atom is 0.417 e. The fourth-order valence-corrected chi connectivity index (χ4v) is 1.66. The van der Waals surface area contributed by atoms with E-state index < -0.39 is 11.7 Å². The molecule has 0 aliphatic rings. The molecule has 1 aromatic heterocycles. The van der Waals surface area contributed by atoms with E-state index in [0.717, 1.165) is 6.07 Å². The van der Waals surface area contributed by atoms with Crippen LogP contribution in [0.15, 0.2) is 12.3 Å². The molecule has 0 saturated carbocycles. The first-order valence-corrected chi connectivity index (χ1v) is 6.58. The minimum absolute atomic E-state index is 0. The molecular formula is C12H18Cl3F3N4O. The number of hydrogen-bond donors (Lipinski definition) is 3. The van der Waals surface area contributed by atoms with Crippen molar-refractivity contribution < 1.29 is 18.0 Å². The highest BCUT2D eigenvalue weighted by molar-refractivity contribution is 6.32. The van der Waals surface area contributed by atoms with E-state index in [1.54, 1.807) is 6.92 Å². The summed E-state index contributed by atoms with van der Waals surface area (Å²) in [4.78, 5) is 15.1. The van der Waals surface area contributed by atoms with Crippen LogP contribution >= 0.6 is 36.4 Å². The Kier molecular flexibility index (Phi) is 11.4. The van der Waals surface area contributed by atoms with Gasteiger partial charge in [-0.2, -0.15) is 13.2 Å². The molecule has 1 amide bonds. The van der Waals surface area contributed by atoms with E-state index >= 15 is 0 Å². The van der Waals surface area contributed by atoms with E-state index in [1.807, 2.05) is 0 Å². The molecule has 1 rings (SSSR count). The second-order valence-corrected chi connectivity index (χ2v) is 4.84. The summed E-state index contributed by atoms with van der Waals surface area (Å²) >= 11 is 5.72. The Labute approximate surface area is 149 Å². The monoisotopic (exact) mass is 396 g/mol. The van der Waals surface area contributed by atoms with Crippen LogP contribution in [0.2, 0.25) is 5.02 Å². The summed E-state index contributed by atoms with van der Waals surface area (Å²) in [7, 11) is 0. The summed E-state index contributed by atoms with van der Waals surface area (Å²) in [5.74, 6) is -0.118. The van der Waals surface area contributed by atoms with Crippen molar-refractivity contribution in [2.24, 2.45) is 5.73 Å². The highest BCUT2D eigenvalue weighted by Crippen LogP contribution is 2.32. The number of halogens is 6. The van der Waals surface area contributed by atoms with Gasteiger partial charge in [0.25, 0.3) is 0 Å². The lowest BCUT2D eigenvalue weighted by atomic mass is 10.2. The summed E-state index contributed by atoms with van der Waals surface area (Å²) in [6, 6.07) is 0.651. The third kappa shape index (κ3) is 8.45. The predicted octanol–water partition coefficient (Wildman–Crippen LogP) is 2.86. The lowest BCUT2D eigenvalue weighted by Gasteiger charge is -2.12. The van der Waals surface area contributed by atoms with Crippen LogP contribution in [0.3, 0.4) is 0 Å². The molecule has 0 saturated heterocycles. The molecule has 1 aromatic rings. The van der Waals surface area contributed by atoms with Crippen LogP contribution in [0.5, 0.6) is 0 Å². The zero-order valence-electron chi connectivity index (χ0n) is 12.1. The number of hydrogen-bond acceptors (Lipinski definition) is 4. The first-order chi connectivity index (χ1) is 9.74. The van der Waals surface area contributed by atoms with Gasteiger partial charge in [0.15, 0.2) is 0 Å². The van der Waals surface area contributed by atoms with Crippen molar-refractivity contribution in [3.8, 4) is 0 Å². The largest absolute Gasteiger partial charge is 0.417 e. The number of carbonyl (C=O) groups excluding carboxylic acids is 1. The average molecular weight is 398 g/mol. The van der Waals surface area contributed by atoms with Gasteiger partial charge in [0.2, 0.25) is 5.91 Å². The van der Waals surface area contributed by atoms with E-state index in [1.165, 1.54) is 0 Å². The topological polar surface area (TPSA) is 80.0 Å². The van der Waals surface area contributed by atoms with Gasteiger partial charge in [0.05, 0.1) is 10.6 Å². The first-order valence-electron chi connectivity index (χ1n) is 6.20. The second-order valence-electron chi connectivity index (χ2n) is 4.43. The quantitative estimate of drug-likeness (QED) is 0.689. The zero-order chi connectivity index (χ0) is 16.0. The van der Waals surface area contributed by atoms with E-state index in [0.29, 0.717) is 12.7 Å². The number of alkyl halides is 3. The summed E-state index contributed by atoms with van der Waals surface area (Å²) in [5.41, 5.74) is 4.44. The van der Waals surface area contributed by atoms with Crippen molar-refractivity contribution in [2.45, 2.75) is 25.6 Å². The van der Waals surface area contributed by atoms with Gasteiger partial charge in [0, 0.05) is 31.7 Å². The number of nitrogens with two attached hydrogens (primary N) is 1. The molecule has 23 heavy (non-hydrogen) atoms. The summed E-state index contributed by atoms with van der Waals surface area (Å²) in [6.45, 7) is 2.28. The Bertz CT molecular complexity index is 503. The fourth-order valence-electron chi connectivity index (χ4n) is 1.42. The Hall–Kier alpha value is -0.960. The van der Waals surface area contributed by atoms with Crippen LogP contribution in [0.4, 0.5) is 19.0 Å². The number of rotatable bonds is 6. The molecule has 0 spiro atoms. The number of carbonyl (C=O) groups is 1. The van der Waals surface area contributed by atoms with Crippen LogP contribution in [0.25, 0.3) is 0 Å². The number of anilines is 1. The van der Waals surface area contributed by atoms with Crippen molar-refractivity contribution in [3.05, 3.63) is 22.8 Å². The summed E-state index contributed by atoms with van der Waals surface area (Å²) in [5, 5.41) is 5.21. The molecule has 1 atom stereocenters. The Morgan fingerprint density at radius 2 is 2.04 bits per heavy atom. The van der Waals surface area contributed by atoms with Gasteiger partial charge in [-0.25, -0.2) is 4.98 Å². The van der Waals surface area contributed by atoms with Crippen LogP contribution in [0.1, 0.15) is 18.9 Å². The summed E-state index contributed by atoms with van der Waals surface area (Å²) < 4.78 is 37.3. The molecule has 0 radical (unpaired) electrons. The van der Waals surface area contributed by atoms with Crippen LogP contribution in [0, 0.1) is 0 Å². The predicted molar refractivity (Wildman–Crippen MR) is 88.5 cm³/mol. The number of aromatic nitrogens is 1. The maximum atomic E-state index is 12.4. The highest BCUT2D eigenvalue weighted by atomic mass is 35.5. The average Bonchev–Trinajstić information content (AvgIpc) is 2.39. The van der Waals surface area contributed by atoms with Crippen LogP contribution in [-0.4, -0.2) is 30.0 Å². The van der Waals surface area contributed by atoms with Crippen molar-refractivity contribution in [1.29, 1.82) is 0 Å². The normalized spacial score (nSPS) is 11.7. The standard InChI is InChI=1S/C12H16ClF3N4O.2ClH/c1-7(5-17)20-10(21)2-3-18-11-9(13)4-8(6-19-11)12(14,15)16;;/h4,6-7H,2-3,5,17H2,1H3,(H,18,19)(H,20,21);2*1H/t7-;;/m0../s1. The van der Waals surface area contributed by atoms with Gasteiger partial charge in [0.1, 0.15) is 5.82 Å². The SMILES string of the molecule is C[C@@H](CN)NC(=O)CCNc1ncc(C(F)(F)F)cc1Cl.Cl.Cl. The van der Waals surface area contributed by atoms with Gasteiger partial charge < -0.3 is 16.4 Å².